The summed E-state index contributed by atoms with van der Waals surface area (Å²) in [6, 6.07) is 10.7. The first kappa shape index (κ1) is 16.6. The van der Waals surface area contributed by atoms with E-state index in [4.69, 9.17) is 11.6 Å². The highest BCUT2D eigenvalue weighted by atomic mass is 35.5. The van der Waals surface area contributed by atoms with Crippen LogP contribution in [-0.2, 0) is 0 Å². The number of halogens is 1. The number of phenolic OH excluding ortho intramolecular Hbond substituents is 1. The molecule has 1 aromatic carbocycles. The van der Waals surface area contributed by atoms with E-state index in [0.717, 1.165) is 24.4 Å². The van der Waals surface area contributed by atoms with Crippen LogP contribution in [0, 0.1) is 6.92 Å². The van der Waals surface area contributed by atoms with Gasteiger partial charge < -0.3 is 15.3 Å². The minimum atomic E-state index is -0.179. The molecule has 126 valence electrons. The number of benzene rings is 1. The number of piperidine rings is 1. The molecule has 0 spiro atoms. The standard InChI is InChI=1S/C18H20ClN3O2/c1-12-3-2-4-17(20-12)21-14-7-9-22(10-8-14)18(24)15-11-13(19)5-6-16(15)23/h2-6,11,14,23H,7-10H2,1H3,(H,20,21). The summed E-state index contributed by atoms with van der Waals surface area (Å²) in [7, 11) is 0. The third kappa shape index (κ3) is 3.79. The monoisotopic (exact) mass is 345 g/mol. The maximum Gasteiger partial charge on any atom is 0.257 e. The van der Waals surface area contributed by atoms with E-state index >= 15 is 0 Å². The summed E-state index contributed by atoms with van der Waals surface area (Å²) in [5, 5.41) is 13.7. The number of carbonyl (C=O) groups excluding carboxylic acids is 1. The fourth-order valence-corrected chi connectivity index (χ4v) is 3.08. The number of hydrogen-bond donors (Lipinski definition) is 2. The molecule has 24 heavy (non-hydrogen) atoms. The van der Waals surface area contributed by atoms with Gasteiger partial charge in [0.15, 0.2) is 0 Å². The summed E-state index contributed by atoms with van der Waals surface area (Å²) in [6.07, 6.45) is 1.67. The Kier molecular flexibility index (Phi) is 4.90. The lowest BCUT2D eigenvalue weighted by Gasteiger charge is -2.32. The molecule has 0 unspecified atom stereocenters. The van der Waals surface area contributed by atoms with Crippen LogP contribution in [-0.4, -0.2) is 40.0 Å². The van der Waals surface area contributed by atoms with Gasteiger partial charge in [-0.25, -0.2) is 4.98 Å². The molecule has 6 heteroatoms. The zero-order chi connectivity index (χ0) is 17.1. The van der Waals surface area contributed by atoms with Gasteiger partial charge in [-0.2, -0.15) is 0 Å². The van der Waals surface area contributed by atoms with Gasteiger partial charge in [0.25, 0.3) is 5.91 Å². The maximum absolute atomic E-state index is 12.6. The summed E-state index contributed by atoms with van der Waals surface area (Å²) in [6.45, 7) is 3.23. The second-order valence-electron chi connectivity index (χ2n) is 6.04. The molecule has 1 saturated heterocycles. The number of anilines is 1. The van der Waals surface area contributed by atoms with Gasteiger partial charge in [0.1, 0.15) is 11.6 Å². The van der Waals surface area contributed by atoms with E-state index in [-0.39, 0.29) is 23.3 Å². The number of rotatable bonds is 3. The number of carbonyl (C=O) groups is 1. The van der Waals surface area contributed by atoms with Crippen molar-refractivity contribution in [3.63, 3.8) is 0 Å². The molecule has 1 amide bonds. The van der Waals surface area contributed by atoms with Crippen LogP contribution in [0.25, 0.3) is 0 Å². The van der Waals surface area contributed by atoms with Gasteiger partial charge in [-0.1, -0.05) is 17.7 Å². The molecule has 1 fully saturated rings. The number of phenols is 1. The highest BCUT2D eigenvalue weighted by Gasteiger charge is 2.25. The number of nitrogens with one attached hydrogen (secondary N) is 1. The fourth-order valence-electron chi connectivity index (χ4n) is 2.91. The van der Waals surface area contributed by atoms with Gasteiger partial charge in [0.2, 0.25) is 0 Å². The van der Waals surface area contributed by atoms with Gasteiger partial charge in [-0.3, -0.25) is 4.79 Å². The quantitative estimate of drug-likeness (QED) is 0.894. The van der Waals surface area contributed by atoms with Crippen molar-refractivity contribution in [1.82, 2.24) is 9.88 Å². The van der Waals surface area contributed by atoms with Crippen molar-refractivity contribution in [2.75, 3.05) is 18.4 Å². The highest BCUT2D eigenvalue weighted by molar-refractivity contribution is 6.31. The van der Waals surface area contributed by atoms with Gasteiger partial charge in [0.05, 0.1) is 5.56 Å². The van der Waals surface area contributed by atoms with Crippen molar-refractivity contribution in [3.05, 3.63) is 52.7 Å². The van der Waals surface area contributed by atoms with Gasteiger partial charge in [-0.15, -0.1) is 0 Å². The lowest BCUT2D eigenvalue weighted by Crippen LogP contribution is -2.42. The second kappa shape index (κ2) is 7.09. The smallest absolute Gasteiger partial charge is 0.257 e. The summed E-state index contributed by atoms with van der Waals surface area (Å²) in [5.74, 6) is 0.656. The third-order valence-corrected chi connectivity index (χ3v) is 4.45. The Hall–Kier alpha value is -2.27. The molecule has 2 aromatic rings. The zero-order valence-electron chi connectivity index (χ0n) is 13.5. The SMILES string of the molecule is Cc1cccc(NC2CCN(C(=O)c3cc(Cl)ccc3O)CC2)n1. The molecule has 0 aliphatic carbocycles. The van der Waals surface area contributed by atoms with E-state index in [0.29, 0.717) is 18.1 Å². The zero-order valence-corrected chi connectivity index (χ0v) is 14.3. The van der Waals surface area contributed by atoms with Crippen molar-refractivity contribution in [2.45, 2.75) is 25.8 Å². The maximum atomic E-state index is 12.6. The molecular formula is C18H20ClN3O2. The fraction of sp³-hybridized carbons (Fsp3) is 0.333. The van der Waals surface area contributed by atoms with Gasteiger partial charge in [0, 0.05) is 29.8 Å². The van der Waals surface area contributed by atoms with E-state index < -0.39 is 0 Å². The second-order valence-corrected chi connectivity index (χ2v) is 6.47. The first-order valence-electron chi connectivity index (χ1n) is 8.01. The van der Waals surface area contributed by atoms with Crippen LogP contribution in [0.1, 0.15) is 28.9 Å². The lowest BCUT2D eigenvalue weighted by molar-refractivity contribution is 0.0715. The molecule has 0 radical (unpaired) electrons. The molecule has 1 aliphatic rings. The summed E-state index contributed by atoms with van der Waals surface area (Å²) < 4.78 is 0. The Labute approximate surface area is 146 Å². The number of aryl methyl sites for hydroxylation is 1. The van der Waals surface area contributed by atoms with Crippen LogP contribution in [0.15, 0.2) is 36.4 Å². The molecule has 1 aliphatic heterocycles. The van der Waals surface area contributed by atoms with Crippen molar-refractivity contribution in [3.8, 4) is 5.75 Å². The Morgan fingerprint density at radius 1 is 1.29 bits per heavy atom. The van der Waals surface area contributed by atoms with Crippen molar-refractivity contribution in [1.29, 1.82) is 0 Å². The molecular weight excluding hydrogens is 326 g/mol. The predicted octanol–water partition coefficient (Wildman–Crippen LogP) is 3.47. The molecule has 3 rings (SSSR count). The number of hydrogen-bond acceptors (Lipinski definition) is 4. The van der Waals surface area contributed by atoms with Crippen LogP contribution in [0.5, 0.6) is 5.75 Å². The number of pyridine rings is 1. The van der Waals surface area contributed by atoms with Gasteiger partial charge >= 0.3 is 0 Å². The lowest BCUT2D eigenvalue weighted by atomic mass is 10.0. The first-order chi connectivity index (χ1) is 11.5. The molecule has 0 atom stereocenters. The summed E-state index contributed by atoms with van der Waals surface area (Å²) in [4.78, 5) is 18.8. The molecule has 2 heterocycles. The van der Waals surface area contributed by atoms with Crippen LogP contribution < -0.4 is 5.32 Å². The average molecular weight is 346 g/mol. The third-order valence-electron chi connectivity index (χ3n) is 4.21. The Morgan fingerprint density at radius 3 is 2.75 bits per heavy atom. The van der Waals surface area contributed by atoms with Gasteiger partial charge in [-0.05, 0) is 50.1 Å². The van der Waals surface area contributed by atoms with Crippen molar-refractivity contribution >= 4 is 23.3 Å². The summed E-state index contributed by atoms with van der Waals surface area (Å²) in [5.41, 5.74) is 1.23. The number of aromatic nitrogens is 1. The Bertz CT molecular complexity index is 743. The van der Waals surface area contributed by atoms with Crippen LogP contribution >= 0.6 is 11.6 Å². The molecule has 1 aromatic heterocycles. The molecule has 2 N–H and O–H groups in total. The van der Waals surface area contributed by atoms with E-state index in [2.05, 4.69) is 10.3 Å². The number of amides is 1. The van der Waals surface area contributed by atoms with E-state index in [9.17, 15) is 9.90 Å². The van der Waals surface area contributed by atoms with Crippen molar-refractivity contribution < 1.29 is 9.90 Å². The molecule has 0 saturated carbocycles. The minimum Gasteiger partial charge on any atom is -0.507 e. The Morgan fingerprint density at radius 2 is 2.04 bits per heavy atom. The average Bonchev–Trinajstić information content (AvgIpc) is 2.57. The van der Waals surface area contributed by atoms with Crippen LogP contribution in [0.2, 0.25) is 5.02 Å². The predicted molar refractivity (Wildman–Crippen MR) is 94.6 cm³/mol. The largest absolute Gasteiger partial charge is 0.507 e. The van der Waals surface area contributed by atoms with E-state index in [1.807, 2.05) is 25.1 Å². The van der Waals surface area contributed by atoms with Crippen LogP contribution in [0.4, 0.5) is 5.82 Å². The van der Waals surface area contributed by atoms with E-state index in [1.165, 1.54) is 12.1 Å². The molecule has 0 bridgehead atoms. The van der Waals surface area contributed by atoms with E-state index in [1.54, 1.807) is 11.0 Å². The molecule has 5 nitrogen and oxygen atoms in total. The number of nitrogens with zero attached hydrogens (tertiary/aromatic N) is 2. The Balaban J connectivity index is 1.60. The highest BCUT2D eigenvalue weighted by Crippen LogP contribution is 2.25. The number of likely N-dealkylation sites (tertiary alicyclic amines) is 1. The van der Waals surface area contributed by atoms with Crippen LogP contribution in [0.3, 0.4) is 0 Å². The first-order valence-corrected chi connectivity index (χ1v) is 8.39. The summed E-state index contributed by atoms with van der Waals surface area (Å²) >= 11 is 5.93. The van der Waals surface area contributed by atoms with Crippen molar-refractivity contribution in [2.24, 2.45) is 0 Å². The minimum absolute atomic E-state index is 0.0337. The number of aromatic hydroxyl groups is 1. The normalized spacial score (nSPS) is 15.3. The topological polar surface area (TPSA) is 65.5 Å².